The third kappa shape index (κ3) is 16.2. The van der Waals surface area contributed by atoms with E-state index in [1.165, 1.54) is 113 Å². The van der Waals surface area contributed by atoms with E-state index in [4.69, 9.17) is 0 Å². The third-order valence-electron chi connectivity index (χ3n) is 22.9. The Hall–Kier alpha value is -14.2. The lowest BCUT2D eigenvalue weighted by Gasteiger charge is -2.33. The summed E-state index contributed by atoms with van der Waals surface area (Å²) >= 11 is 0. The number of aromatic hydroxyl groups is 15. The van der Waals surface area contributed by atoms with Gasteiger partial charge in [0, 0.05) is 92.4 Å². The van der Waals surface area contributed by atoms with Crippen LogP contribution >= 0.6 is 0 Å². The van der Waals surface area contributed by atoms with E-state index in [9.17, 15) is 94.9 Å². The smallest absolute Gasteiger partial charge is 0.421 e. The maximum atomic E-state index is 12.6. The zero-order chi connectivity index (χ0) is 85.3. The number of phenols is 15. The van der Waals surface area contributed by atoms with Gasteiger partial charge in [-0.2, -0.15) is 13.2 Å². The second kappa shape index (κ2) is 33.6. The van der Waals surface area contributed by atoms with Gasteiger partial charge in [-0.05, 0) is 220 Å². The second-order valence-electron chi connectivity index (χ2n) is 30.3. The van der Waals surface area contributed by atoms with E-state index >= 15 is 0 Å². The van der Waals surface area contributed by atoms with Crippen molar-refractivity contribution < 1.29 is 94.9 Å². The summed E-state index contributed by atoms with van der Waals surface area (Å²) in [5.74, 6) is -6.84. The molecule has 2 atom stereocenters. The van der Waals surface area contributed by atoms with Gasteiger partial charge in [0.15, 0.2) is 5.60 Å². The van der Waals surface area contributed by atoms with Crippen LogP contribution in [0.1, 0.15) is 181 Å². The lowest BCUT2D eigenvalue weighted by atomic mass is 9.68. The molecule has 16 nitrogen and oxygen atoms in total. The van der Waals surface area contributed by atoms with Crippen LogP contribution in [0.3, 0.4) is 0 Å². The summed E-state index contributed by atoms with van der Waals surface area (Å²) < 4.78 is 37.8. The molecule has 119 heavy (non-hydrogen) atoms. The number of hydrogen-bond donors (Lipinski definition) is 16. The first kappa shape index (κ1) is 82.8. The van der Waals surface area contributed by atoms with E-state index < -0.39 is 86.9 Å². The molecule has 14 aromatic carbocycles. The van der Waals surface area contributed by atoms with Gasteiger partial charge in [-0.1, -0.05) is 178 Å². The number of hydrogen-bond acceptors (Lipinski definition) is 16. The van der Waals surface area contributed by atoms with Crippen molar-refractivity contribution in [1.82, 2.24) is 0 Å². The van der Waals surface area contributed by atoms with Crippen LogP contribution in [0.4, 0.5) is 13.2 Å². The lowest BCUT2D eigenvalue weighted by molar-refractivity contribution is -0.258. The normalized spacial score (nSPS) is 15.6. The van der Waals surface area contributed by atoms with Crippen molar-refractivity contribution in [2.75, 3.05) is 0 Å². The SMILES string of the molecule is CCC(C)c1ccc(C(C)(O)C(F)(F)F)cc1.CCc1c(C)ccc(C)c1O.Oc1ccc(C2(c3ccc(O)cc3)c3ccccc3-c3ccccc32)cc1.Oc1ccc(C2c3cc(c(O)cc3O)C(c3ccc(O)cc3)c3cc(c(O)cc3O)C(c3ccc(O)cc3)c3cc(c(O)cc3O)C(c3ccc(O)cc3)c3cc2c(O)cc3O)cc1. The fourth-order valence-electron chi connectivity index (χ4n) is 16.4. The predicted octanol–water partition coefficient (Wildman–Crippen LogP) is 21.2. The number of benzene rings is 14. The van der Waals surface area contributed by atoms with Gasteiger partial charge in [0.2, 0.25) is 0 Å². The molecule has 2 aliphatic carbocycles. The molecular weight excluding hydrogens is 1510 g/mol. The maximum absolute atomic E-state index is 12.6. The molecule has 0 heterocycles. The fourth-order valence-corrected chi connectivity index (χ4v) is 16.4. The number of aryl methyl sites for hydroxylation is 2. The van der Waals surface area contributed by atoms with Crippen molar-refractivity contribution in [1.29, 1.82) is 0 Å². The minimum Gasteiger partial charge on any atom is -0.508 e. The molecule has 0 spiro atoms. The monoisotopic (exact) mass is 1600 g/mol. The van der Waals surface area contributed by atoms with Crippen molar-refractivity contribution in [2.24, 2.45) is 0 Å². The van der Waals surface area contributed by atoms with Gasteiger partial charge in [0.05, 0.1) is 5.41 Å². The number of aliphatic hydroxyl groups is 1. The molecule has 2 unspecified atom stereocenters. The van der Waals surface area contributed by atoms with E-state index in [0.29, 0.717) is 33.9 Å². The number of halogens is 3. The van der Waals surface area contributed by atoms with E-state index in [1.807, 2.05) is 64.1 Å². The highest BCUT2D eigenvalue weighted by Crippen LogP contribution is 2.58. The molecule has 14 aromatic rings. The predicted molar refractivity (Wildman–Crippen MR) is 450 cm³/mol. The molecule has 0 radical (unpaired) electrons. The van der Waals surface area contributed by atoms with Crippen molar-refractivity contribution >= 4 is 0 Å². The molecule has 2 aliphatic rings. The summed E-state index contributed by atoms with van der Waals surface area (Å²) in [5, 5.41) is 175. The molecule has 0 amide bonds. The first-order chi connectivity index (χ1) is 56.7. The average molecular weight is 1600 g/mol. The highest BCUT2D eigenvalue weighted by Gasteiger charge is 2.51. The van der Waals surface area contributed by atoms with Crippen LogP contribution in [-0.2, 0) is 17.4 Å². The summed E-state index contributed by atoms with van der Waals surface area (Å²) in [6, 6.07) is 76.2. The van der Waals surface area contributed by atoms with E-state index in [0.717, 1.165) is 71.8 Å². The number of rotatable bonds is 10. The largest absolute Gasteiger partial charge is 0.508 e. The fraction of sp³-hybridized carbons (Fsp3) is 0.160. The van der Waals surface area contributed by atoms with Crippen molar-refractivity contribution in [3.8, 4) is 97.4 Å². The van der Waals surface area contributed by atoms with E-state index in [-0.39, 0.29) is 84.6 Å². The number of phenolic OH excluding ortho intramolecular Hbond substituents is 15. The summed E-state index contributed by atoms with van der Waals surface area (Å²) in [5.41, 5.74) is 10.5. The molecule has 8 bridgehead atoms. The zero-order valence-corrected chi connectivity index (χ0v) is 65.6. The van der Waals surface area contributed by atoms with E-state index in [2.05, 4.69) is 55.5 Å². The average Bonchev–Trinajstić information content (AvgIpc) is 1.55. The Morgan fingerprint density at radius 1 is 0.328 bits per heavy atom. The quantitative estimate of drug-likeness (QED) is 0.0605. The molecule has 16 N–H and O–H groups in total. The van der Waals surface area contributed by atoms with Gasteiger partial charge in [-0.3, -0.25) is 0 Å². The highest BCUT2D eigenvalue weighted by molar-refractivity contribution is 5.86. The summed E-state index contributed by atoms with van der Waals surface area (Å²) in [6.07, 6.45) is -2.83. The van der Waals surface area contributed by atoms with Crippen molar-refractivity contribution in [3.05, 3.63) is 396 Å². The Bertz CT molecular complexity index is 5400. The molecule has 19 heteroatoms. The first-order valence-electron chi connectivity index (χ1n) is 38.6. The third-order valence-corrected chi connectivity index (χ3v) is 22.9. The standard InChI is InChI=1S/C52H40O12.C25H18O2.C13H17F3O.C10H14O/c53-29-9-1-25(2-10-29)49-33-17-35(43(59)21-41(33)57)50(26-3-11-30(54)12-4-26)37-19-39(47(63)23-45(37)61)52(28-7-15-32(56)16-8-28)40-20-38(46(62)24-48(40)64)51(27-5-13-31(55)14-6-27)36-18-34(49)42(58)22-44(36)60;26-19-13-9-17(10-14-19)25(18-11-15-20(27)16-12-18)23-7-3-1-5-21(23)22-6-2-4-8-24(22)25;1-4-9(2)10-5-7-11(8-6-10)12(3,17)13(14,15)16;1-4-9-7(2)5-6-8(3)10(9)11/h1-24,49-64H;1-16,26-27H;5-9,17H,4H2,1-3H3;5-6,11H,4H2,1-3H3. The Balaban J connectivity index is 0.000000179. The molecule has 16 rings (SSSR count). The van der Waals surface area contributed by atoms with Gasteiger partial charge in [0.25, 0.3) is 0 Å². The lowest BCUT2D eigenvalue weighted by Crippen LogP contribution is -2.39. The summed E-state index contributed by atoms with van der Waals surface area (Å²) in [6.45, 7) is 10.8. The minimum absolute atomic E-state index is 0.0780. The van der Waals surface area contributed by atoms with Crippen molar-refractivity contribution in [3.63, 3.8) is 0 Å². The van der Waals surface area contributed by atoms with Crippen LogP contribution in [0.15, 0.2) is 279 Å². The van der Waals surface area contributed by atoms with Crippen LogP contribution in [0.5, 0.6) is 86.2 Å². The molecule has 0 saturated heterocycles. The Morgan fingerprint density at radius 2 is 0.588 bits per heavy atom. The van der Waals surface area contributed by atoms with Crippen molar-refractivity contribution in [2.45, 2.75) is 101 Å². The summed E-state index contributed by atoms with van der Waals surface area (Å²) in [4.78, 5) is 0. The first-order valence-corrected chi connectivity index (χ1v) is 38.6. The Kier molecular flexibility index (Phi) is 23.4. The maximum Gasteiger partial charge on any atom is 0.421 e. The molecule has 606 valence electrons. The number of fused-ring (bicyclic) bond motifs is 11. The van der Waals surface area contributed by atoms with Gasteiger partial charge in [0.1, 0.15) is 86.2 Å². The zero-order valence-electron chi connectivity index (χ0n) is 65.6. The van der Waals surface area contributed by atoms with Crippen LogP contribution in [-0.4, -0.2) is 87.9 Å². The minimum atomic E-state index is -4.66. The Morgan fingerprint density at radius 3 is 0.840 bits per heavy atom. The number of alkyl halides is 3. The topological polar surface area (TPSA) is 324 Å². The van der Waals surface area contributed by atoms with Gasteiger partial charge < -0.3 is 81.7 Å². The van der Waals surface area contributed by atoms with Crippen LogP contribution in [0, 0.1) is 13.8 Å². The van der Waals surface area contributed by atoms with Gasteiger partial charge in [-0.15, -0.1) is 0 Å². The molecular formula is C100H89F3O16. The molecule has 0 saturated carbocycles. The van der Waals surface area contributed by atoms with E-state index in [1.54, 1.807) is 84.9 Å². The summed E-state index contributed by atoms with van der Waals surface area (Å²) in [7, 11) is 0. The van der Waals surface area contributed by atoms with Crippen LogP contribution < -0.4 is 0 Å². The van der Waals surface area contributed by atoms with Crippen LogP contribution in [0.2, 0.25) is 0 Å². The highest BCUT2D eigenvalue weighted by atomic mass is 19.4. The van der Waals surface area contributed by atoms with Gasteiger partial charge in [-0.25, -0.2) is 0 Å². The molecule has 0 aromatic heterocycles. The molecule has 0 fully saturated rings. The Labute approximate surface area is 685 Å². The van der Waals surface area contributed by atoms with Crippen LogP contribution in [0.25, 0.3) is 11.1 Å². The second-order valence-corrected chi connectivity index (χ2v) is 30.3. The van der Waals surface area contributed by atoms with Gasteiger partial charge >= 0.3 is 6.18 Å². The molecule has 0 aliphatic heterocycles.